The molecule has 4 heteroatoms. The molecule has 1 unspecified atom stereocenters. The van der Waals surface area contributed by atoms with E-state index in [1.807, 2.05) is 12.4 Å². The van der Waals surface area contributed by atoms with E-state index in [4.69, 9.17) is 0 Å². The lowest BCUT2D eigenvalue weighted by molar-refractivity contribution is 0.601. The van der Waals surface area contributed by atoms with Crippen LogP contribution in [0.3, 0.4) is 0 Å². The molecule has 0 aliphatic rings. The maximum absolute atomic E-state index is 3.49. The van der Waals surface area contributed by atoms with Crippen LogP contribution in [0.2, 0.25) is 0 Å². The van der Waals surface area contributed by atoms with Crippen LogP contribution in [-0.2, 0) is 11.3 Å². The van der Waals surface area contributed by atoms with Gasteiger partial charge in [-0.05, 0) is 64.7 Å². The highest BCUT2D eigenvalue weighted by Crippen LogP contribution is 2.64. The van der Waals surface area contributed by atoms with Gasteiger partial charge >= 0.3 is 0 Å². The number of H-pyrrole nitrogens is 2. The Labute approximate surface area is 186 Å². The van der Waals surface area contributed by atoms with Gasteiger partial charge in [-0.3, -0.25) is 0 Å². The molecule has 0 spiro atoms. The summed E-state index contributed by atoms with van der Waals surface area (Å²) in [7, 11) is 2.93. The zero-order valence-corrected chi connectivity index (χ0v) is 21.5. The van der Waals surface area contributed by atoms with E-state index in [9.17, 15) is 0 Å². The zero-order valence-electron chi connectivity index (χ0n) is 19.4. The predicted molar refractivity (Wildman–Crippen MR) is 137 cm³/mol. The largest absolute Gasteiger partial charge is 0.364 e. The Morgan fingerprint density at radius 1 is 0.767 bits per heavy atom. The van der Waals surface area contributed by atoms with E-state index >= 15 is 0 Å². The summed E-state index contributed by atoms with van der Waals surface area (Å²) in [6, 6.07) is 17.6. The topological polar surface area (TPSA) is 31.6 Å². The van der Waals surface area contributed by atoms with Crippen molar-refractivity contribution in [2.24, 2.45) is 0 Å². The molecule has 0 radical (unpaired) electrons. The van der Waals surface area contributed by atoms with Crippen molar-refractivity contribution in [1.29, 1.82) is 0 Å². The zero-order chi connectivity index (χ0) is 22.0. The number of hydrogen-bond acceptors (Lipinski definition) is 0. The maximum Gasteiger partial charge on any atom is 0.0891 e. The number of aromatic nitrogens is 2. The maximum atomic E-state index is 3.49. The predicted octanol–water partition coefficient (Wildman–Crippen LogP) is 7.87. The van der Waals surface area contributed by atoms with E-state index in [1.54, 1.807) is 0 Å². The van der Waals surface area contributed by atoms with Crippen LogP contribution in [0.4, 0.5) is 0 Å². The van der Waals surface area contributed by atoms with Crippen LogP contribution in [0.5, 0.6) is 0 Å². The highest BCUT2D eigenvalue weighted by Gasteiger charge is 2.40. The summed E-state index contributed by atoms with van der Waals surface area (Å²) in [6.07, 6.45) is 7.61. The number of hydrogen-bond donors (Lipinski definition) is 2. The summed E-state index contributed by atoms with van der Waals surface area (Å²) in [4.78, 5) is 6.98. The molecule has 0 saturated carbocycles. The second-order valence-electron chi connectivity index (χ2n) is 9.55. The molecular weight excluding hydrogens is 402 g/mol. The van der Waals surface area contributed by atoms with Crippen LogP contribution < -0.4 is 0 Å². The second-order valence-corrected chi connectivity index (χ2v) is 14.0. The number of nitrogens with one attached hydrogen (secondary N) is 2. The van der Waals surface area contributed by atoms with Crippen molar-refractivity contribution < 1.29 is 0 Å². The van der Waals surface area contributed by atoms with Crippen molar-refractivity contribution in [2.45, 2.75) is 76.0 Å². The summed E-state index contributed by atoms with van der Waals surface area (Å²) in [6.45, 7) is 14.6. The minimum atomic E-state index is -0.322. The van der Waals surface area contributed by atoms with Gasteiger partial charge in [-0.2, -0.15) is 0 Å². The lowest BCUT2D eigenvalue weighted by atomic mass is 9.88. The Kier molecular flexibility index (Phi) is 7.01. The number of aromatic amines is 2. The van der Waals surface area contributed by atoms with E-state index in [0.29, 0.717) is 10.3 Å². The molecule has 1 atom stereocenters. The molecule has 2 N–H and O–H groups in total. The molecule has 1 aromatic carbocycles. The first-order chi connectivity index (χ1) is 14.2. The highest BCUT2D eigenvalue weighted by molar-refractivity contribution is 7.60. The van der Waals surface area contributed by atoms with E-state index in [2.05, 4.69) is 109 Å². The standard InChI is InChI=1S/C26H38N2P2/c1-7-24(3,4)30(25(5,6)8-2)19-20-13-9-10-14-21(20)26(29,22-15-11-17-27-22)23-16-12-18-28-23/h9-18,27-28H,7-8,19,29H2,1-6H3. The smallest absolute Gasteiger partial charge is 0.0891 e. The normalized spacial score (nSPS) is 13.2. The number of rotatable bonds is 9. The first-order valence-electron chi connectivity index (χ1n) is 11.1. The van der Waals surface area contributed by atoms with Gasteiger partial charge in [0, 0.05) is 23.8 Å². The van der Waals surface area contributed by atoms with E-state index < -0.39 is 0 Å². The van der Waals surface area contributed by atoms with E-state index in [0.717, 1.165) is 6.16 Å². The Bertz CT molecular complexity index is 874. The van der Waals surface area contributed by atoms with Gasteiger partial charge in [0.15, 0.2) is 0 Å². The quantitative estimate of drug-likeness (QED) is 0.317. The second kappa shape index (κ2) is 9.02. The third kappa shape index (κ3) is 4.32. The third-order valence-electron chi connectivity index (χ3n) is 7.01. The van der Waals surface area contributed by atoms with Crippen molar-refractivity contribution >= 4 is 17.2 Å². The van der Waals surface area contributed by atoms with Crippen LogP contribution in [0.25, 0.3) is 0 Å². The molecule has 0 saturated heterocycles. The van der Waals surface area contributed by atoms with Crippen molar-refractivity contribution in [3.8, 4) is 0 Å². The monoisotopic (exact) mass is 440 g/mol. The lowest BCUT2D eigenvalue weighted by Gasteiger charge is -2.46. The molecule has 0 fully saturated rings. The lowest BCUT2D eigenvalue weighted by Crippen LogP contribution is -2.31. The van der Waals surface area contributed by atoms with Crippen LogP contribution >= 0.6 is 17.2 Å². The Balaban J connectivity index is 2.15. The molecule has 3 aromatic rings. The molecule has 0 bridgehead atoms. The van der Waals surface area contributed by atoms with Gasteiger partial charge in [0.05, 0.1) is 5.16 Å². The van der Waals surface area contributed by atoms with Crippen molar-refractivity contribution in [3.05, 3.63) is 83.4 Å². The molecule has 2 aromatic heterocycles. The highest BCUT2D eigenvalue weighted by atomic mass is 31.1. The summed E-state index contributed by atoms with van der Waals surface area (Å²) in [5, 5.41) is 0.353. The molecule has 2 nitrogen and oxygen atoms in total. The van der Waals surface area contributed by atoms with Gasteiger partial charge in [-0.1, -0.05) is 73.7 Å². The molecule has 0 amide bonds. The fourth-order valence-corrected chi connectivity index (χ4v) is 8.94. The SMILES string of the molecule is CCC(C)(C)P(Cc1ccccc1C(P)(c1ccc[nH]1)c1ccc[nH]1)C(C)(C)CC. The molecule has 30 heavy (non-hydrogen) atoms. The van der Waals surface area contributed by atoms with Crippen molar-refractivity contribution in [2.75, 3.05) is 0 Å². The third-order valence-corrected chi connectivity index (χ3v) is 12.2. The van der Waals surface area contributed by atoms with Crippen LogP contribution in [0.1, 0.15) is 76.9 Å². The van der Waals surface area contributed by atoms with Gasteiger partial charge in [0.25, 0.3) is 0 Å². The Hall–Kier alpha value is -1.36. The fraction of sp³-hybridized carbons (Fsp3) is 0.462. The van der Waals surface area contributed by atoms with Crippen LogP contribution in [0, 0.1) is 0 Å². The molecule has 0 aliphatic heterocycles. The minimum absolute atomic E-state index is 0.232. The van der Waals surface area contributed by atoms with Crippen LogP contribution in [0.15, 0.2) is 60.9 Å². The van der Waals surface area contributed by atoms with Gasteiger partial charge in [-0.25, -0.2) is 0 Å². The molecule has 3 rings (SSSR count). The van der Waals surface area contributed by atoms with Crippen molar-refractivity contribution in [1.82, 2.24) is 9.97 Å². The average molecular weight is 441 g/mol. The van der Waals surface area contributed by atoms with Crippen molar-refractivity contribution in [3.63, 3.8) is 0 Å². The summed E-state index contributed by atoms with van der Waals surface area (Å²) >= 11 is 0. The summed E-state index contributed by atoms with van der Waals surface area (Å²) in [5.74, 6) is 0. The van der Waals surface area contributed by atoms with Crippen LogP contribution in [-0.4, -0.2) is 20.3 Å². The van der Waals surface area contributed by atoms with E-state index in [1.165, 1.54) is 35.4 Å². The minimum Gasteiger partial charge on any atom is -0.364 e. The fourth-order valence-electron chi connectivity index (χ4n) is 4.43. The van der Waals surface area contributed by atoms with Gasteiger partial charge < -0.3 is 9.97 Å². The Morgan fingerprint density at radius 2 is 1.27 bits per heavy atom. The Morgan fingerprint density at radius 3 is 1.70 bits per heavy atom. The number of benzene rings is 1. The van der Waals surface area contributed by atoms with Gasteiger partial charge in [0.2, 0.25) is 0 Å². The molecule has 162 valence electrons. The summed E-state index contributed by atoms with van der Waals surface area (Å²) in [5.41, 5.74) is 5.21. The molecule has 0 aliphatic carbocycles. The summed E-state index contributed by atoms with van der Waals surface area (Å²) < 4.78 is 0. The average Bonchev–Trinajstić information content (AvgIpc) is 3.46. The molecule has 2 heterocycles. The van der Waals surface area contributed by atoms with Gasteiger partial charge in [0.1, 0.15) is 0 Å². The first kappa shape index (κ1) is 23.3. The first-order valence-corrected chi connectivity index (χ1v) is 13.2. The van der Waals surface area contributed by atoms with Gasteiger partial charge in [-0.15, -0.1) is 9.24 Å². The molecular formula is C26H38N2P2. The van der Waals surface area contributed by atoms with E-state index in [-0.39, 0.29) is 13.1 Å².